The van der Waals surface area contributed by atoms with Gasteiger partial charge in [0.05, 0.1) is 5.39 Å². The maximum atomic E-state index is 13.2. The van der Waals surface area contributed by atoms with Crippen LogP contribution in [0.4, 0.5) is 5.69 Å². The van der Waals surface area contributed by atoms with Gasteiger partial charge in [-0.05, 0) is 36.0 Å². The second-order valence-electron chi connectivity index (χ2n) is 7.63. The summed E-state index contributed by atoms with van der Waals surface area (Å²) in [5.74, 6) is 0.272. The highest BCUT2D eigenvalue weighted by Gasteiger charge is 2.19. The predicted molar refractivity (Wildman–Crippen MR) is 114 cm³/mol. The number of para-hydroxylation sites is 1. The lowest BCUT2D eigenvalue weighted by atomic mass is 9.97. The molecular formula is C23H27N3O2. The van der Waals surface area contributed by atoms with Crippen LogP contribution in [0.3, 0.4) is 0 Å². The van der Waals surface area contributed by atoms with Crippen molar-refractivity contribution in [2.75, 3.05) is 5.32 Å². The minimum atomic E-state index is -0.301. The van der Waals surface area contributed by atoms with Gasteiger partial charge < -0.3 is 5.32 Å². The van der Waals surface area contributed by atoms with E-state index in [4.69, 9.17) is 0 Å². The lowest BCUT2D eigenvalue weighted by Crippen LogP contribution is -2.29. The number of benzene rings is 2. The number of aromatic nitrogens is 2. The van der Waals surface area contributed by atoms with Gasteiger partial charge in [0.25, 0.3) is 11.5 Å². The largest absolute Gasteiger partial charge is 0.320 e. The molecule has 0 radical (unpaired) electrons. The molecule has 0 aliphatic rings. The monoisotopic (exact) mass is 377 g/mol. The Balaban J connectivity index is 2.08. The number of carbonyl (C=O) groups is 1. The van der Waals surface area contributed by atoms with Crippen LogP contribution < -0.4 is 10.9 Å². The number of amides is 1. The third kappa shape index (κ3) is 3.98. The molecule has 1 amide bonds. The second-order valence-corrected chi connectivity index (χ2v) is 7.63. The Morgan fingerprint density at radius 2 is 1.68 bits per heavy atom. The lowest BCUT2D eigenvalue weighted by molar-refractivity contribution is 0.102. The van der Waals surface area contributed by atoms with Crippen LogP contribution in [0.5, 0.6) is 0 Å². The fourth-order valence-corrected chi connectivity index (χ4v) is 3.31. The summed E-state index contributed by atoms with van der Waals surface area (Å²) in [6.07, 6.45) is 0.979. The Labute approximate surface area is 165 Å². The second kappa shape index (κ2) is 8.38. The van der Waals surface area contributed by atoms with Gasteiger partial charge in [-0.25, -0.2) is 4.68 Å². The van der Waals surface area contributed by atoms with E-state index in [9.17, 15) is 9.59 Å². The Bertz CT molecular complexity index is 1050. The minimum absolute atomic E-state index is 0.166. The molecule has 3 aromatic rings. The van der Waals surface area contributed by atoms with Crippen molar-refractivity contribution in [2.45, 2.75) is 46.6 Å². The number of anilines is 1. The van der Waals surface area contributed by atoms with Crippen molar-refractivity contribution in [1.82, 2.24) is 9.78 Å². The fourth-order valence-electron chi connectivity index (χ4n) is 3.31. The van der Waals surface area contributed by atoms with E-state index in [1.807, 2.05) is 50.2 Å². The van der Waals surface area contributed by atoms with Gasteiger partial charge >= 0.3 is 0 Å². The van der Waals surface area contributed by atoms with Gasteiger partial charge in [-0.15, -0.1) is 0 Å². The molecule has 0 aliphatic heterocycles. The van der Waals surface area contributed by atoms with Crippen LogP contribution in [-0.2, 0) is 6.54 Å². The highest BCUT2D eigenvalue weighted by molar-refractivity contribution is 6.11. The number of rotatable bonds is 6. The number of fused-ring (bicyclic) bond motifs is 1. The molecule has 3 rings (SSSR count). The topological polar surface area (TPSA) is 64.0 Å². The van der Waals surface area contributed by atoms with E-state index in [1.165, 1.54) is 4.68 Å². The van der Waals surface area contributed by atoms with Crippen LogP contribution in [0.25, 0.3) is 10.8 Å². The summed E-state index contributed by atoms with van der Waals surface area (Å²) in [7, 11) is 0. The van der Waals surface area contributed by atoms with Crippen LogP contribution >= 0.6 is 0 Å². The molecule has 5 heteroatoms. The first-order chi connectivity index (χ1) is 13.4. The zero-order valence-electron chi connectivity index (χ0n) is 16.9. The first-order valence-corrected chi connectivity index (χ1v) is 9.82. The van der Waals surface area contributed by atoms with Crippen molar-refractivity contribution in [2.24, 2.45) is 5.92 Å². The van der Waals surface area contributed by atoms with Crippen LogP contribution in [-0.4, -0.2) is 15.7 Å². The van der Waals surface area contributed by atoms with Crippen molar-refractivity contribution in [3.05, 3.63) is 70.1 Å². The SMILES string of the molecule is CC[C@@H](C)c1ccccc1NC(=O)c1nn(CC(C)C)c(=O)c2ccccc12. The van der Waals surface area contributed by atoms with E-state index in [0.29, 0.717) is 23.2 Å². The molecule has 1 N–H and O–H groups in total. The average molecular weight is 377 g/mol. The standard InChI is InChI=1S/C23H27N3O2/c1-5-16(4)17-10-8-9-13-20(17)24-22(27)21-18-11-6-7-12-19(18)23(28)26(25-21)14-15(2)3/h6-13,15-16H,5,14H2,1-4H3,(H,24,27)/t16-/m1/s1. The molecule has 0 bridgehead atoms. The van der Waals surface area contributed by atoms with Crippen molar-refractivity contribution < 1.29 is 4.79 Å². The molecule has 0 fully saturated rings. The smallest absolute Gasteiger partial charge is 0.276 e. The highest BCUT2D eigenvalue weighted by atomic mass is 16.2. The van der Waals surface area contributed by atoms with Gasteiger partial charge in [0.15, 0.2) is 5.69 Å². The van der Waals surface area contributed by atoms with Crippen LogP contribution in [0.2, 0.25) is 0 Å². The Morgan fingerprint density at radius 3 is 2.36 bits per heavy atom. The molecule has 1 aromatic heterocycles. The van der Waals surface area contributed by atoms with Gasteiger partial charge in [0, 0.05) is 17.6 Å². The maximum Gasteiger partial charge on any atom is 0.276 e. The number of hydrogen-bond acceptors (Lipinski definition) is 3. The molecule has 5 nitrogen and oxygen atoms in total. The third-order valence-electron chi connectivity index (χ3n) is 4.97. The molecular weight excluding hydrogens is 350 g/mol. The molecule has 0 spiro atoms. The summed E-state index contributed by atoms with van der Waals surface area (Å²) in [4.78, 5) is 25.9. The van der Waals surface area contributed by atoms with Gasteiger partial charge in [-0.2, -0.15) is 5.10 Å². The molecule has 146 valence electrons. The first kappa shape index (κ1) is 19.8. The maximum absolute atomic E-state index is 13.2. The highest BCUT2D eigenvalue weighted by Crippen LogP contribution is 2.27. The fraction of sp³-hybridized carbons (Fsp3) is 0.348. The van der Waals surface area contributed by atoms with E-state index in [0.717, 1.165) is 17.7 Å². The van der Waals surface area contributed by atoms with Gasteiger partial charge in [0.2, 0.25) is 0 Å². The lowest BCUT2D eigenvalue weighted by Gasteiger charge is -2.16. The molecule has 1 atom stereocenters. The van der Waals surface area contributed by atoms with Crippen molar-refractivity contribution >= 4 is 22.4 Å². The molecule has 2 aromatic carbocycles. The van der Waals surface area contributed by atoms with Crippen LogP contribution in [0, 0.1) is 5.92 Å². The number of nitrogens with zero attached hydrogens (tertiary/aromatic N) is 2. The Morgan fingerprint density at radius 1 is 1.04 bits per heavy atom. The van der Waals surface area contributed by atoms with E-state index < -0.39 is 0 Å². The summed E-state index contributed by atoms with van der Waals surface area (Å²) in [5.41, 5.74) is 1.99. The van der Waals surface area contributed by atoms with Crippen LogP contribution in [0.1, 0.15) is 56.1 Å². The normalized spacial score (nSPS) is 12.3. The molecule has 0 unspecified atom stereocenters. The average Bonchev–Trinajstić information content (AvgIpc) is 2.69. The molecule has 1 heterocycles. The molecule has 0 saturated carbocycles. The van der Waals surface area contributed by atoms with Crippen molar-refractivity contribution in [1.29, 1.82) is 0 Å². The minimum Gasteiger partial charge on any atom is -0.320 e. The van der Waals surface area contributed by atoms with Crippen molar-refractivity contribution in [3.63, 3.8) is 0 Å². The summed E-state index contributed by atoms with van der Waals surface area (Å²) in [5, 5.41) is 8.53. The number of hydrogen-bond donors (Lipinski definition) is 1. The summed E-state index contributed by atoms with van der Waals surface area (Å²) in [6, 6.07) is 15.0. The summed E-state index contributed by atoms with van der Waals surface area (Å²) in [6.45, 7) is 8.77. The van der Waals surface area contributed by atoms with Gasteiger partial charge in [0.1, 0.15) is 0 Å². The summed E-state index contributed by atoms with van der Waals surface area (Å²) < 4.78 is 1.41. The first-order valence-electron chi connectivity index (χ1n) is 9.82. The molecule has 28 heavy (non-hydrogen) atoms. The van der Waals surface area contributed by atoms with Crippen LogP contribution in [0.15, 0.2) is 53.3 Å². The predicted octanol–water partition coefficient (Wildman–Crippen LogP) is 4.82. The third-order valence-corrected chi connectivity index (χ3v) is 4.97. The number of nitrogens with one attached hydrogen (secondary N) is 1. The zero-order chi connectivity index (χ0) is 20.3. The van der Waals surface area contributed by atoms with E-state index in [1.54, 1.807) is 12.1 Å². The van der Waals surface area contributed by atoms with E-state index in [2.05, 4.69) is 24.3 Å². The molecule has 0 saturated heterocycles. The Hall–Kier alpha value is -2.95. The van der Waals surface area contributed by atoms with Gasteiger partial charge in [-0.3, -0.25) is 9.59 Å². The van der Waals surface area contributed by atoms with Gasteiger partial charge in [-0.1, -0.05) is 64.1 Å². The van der Waals surface area contributed by atoms with Crippen molar-refractivity contribution in [3.8, 4) is 0 Å². The number of carbonyl (C=O) groups excluding carboxylic acids is 1. The van der Waals surface area contributed by atoms with E-state index in [-0.39, 0.29) is 23.1 Å². The van der Waals surface area contributed by atoms with E-state index >= 15 is 0 Å². The Kier molecular flexibility index (Phi) is 5.93. The quantitative estimate of drug-likeness (QED) is 0.670. The molecule has 0 aliphatic carbocycles. The summed E-state index contributed by atoms with van der Waals surface area (Å²) >= 11 is 0. The zero-order valence-corrected chi connectivity index (χ0v) is 16.9.